The van der Waals surface area contributed by atoms with Gasteiger partial charge in [-0.05, 0) is 57.4 Å². The van der Waals surface area contributed by atoms with Gasteiger partial charge in [-0.2, -0.15) is 0 Å². The zero-order chi connectivity index (χ0) is 25.8. The number of amides is 1. The van der Waals surface area contributed by atoms with E-state index in [-0.39, 0.29) is 30.3 Å². The summed E-state index contributed by atoms with van der Waals surface area (Å²) in [5.74, 6) is 0.777. The summed E-state index contributed by atoms with van der Waals surface area (Å²) in [5.41, 5.74) is -0.0753. The molecule has 0 unspecified atom stereocenters. The van der Waals surface area contributed by atoms with Crippen molar-refractivity contribution in [2.45, 2.75) is 69.9 Å². The highest BCUT2D eigenvalue weighted by molar-refractivity contribution is 5.95. The van der Waals surface area contributed by atoms with Gasteiger partial charge in [-0.1, -0.05) is 30.3 Å². The second kappa shape index (κ2) is 11.2. The lowest BCUT2D eigenvalue weighted by molar-refractivity contribution is -0.190. The van der Waals surface area contributed by atoms with Crippen LogP contribution in [-0.4, -0.2) is 61.6 Å². The number of methoxy groups -OCH3 is 1. The molecular weight excluding hydrogens is 461 g/mol. The number of ether oxygens (including phenoxy) is 4. The van der Waals surface area contributed by atoms with Gasteiger partial charge < -0.3 is 23.8 Å². The molecule has 2 aliphatic rings. The lowest BCUT2D eigenvalue weighted by Crippen LogP contribution is -2.52. The molecule has 2 aromatic rings. The molecule has 2 fully saturated rings. The largest absolute Gasteiger partial charge is 0.493 e. The maximum absolute atomic E-state index is 13.9. The van der Waals surface area contributed by atoms with Gasteiger partial charge in [-0.25, -0.2) is 4.39 Å². The van der Waals surface area contributed by atoms with E-state index < -0.39 is 5.67 Å². The molecule has 1 spiro atoms. The first-order valence-electron chi connectivity index (χ1n) is 12.9. The summed E-state index contributed by atoms with van der Waals surface area (Å²) in [7, 11) is 1.51. The van der Waals surface area contributed by atoms with Gasteiger partial charge in [-0.3, -0.25) is 4.79 Å². The number of alkyl halides is 1. The fraction of sp³-hybridized carbons (Fsp3) is 0.552. The maximum Gasteiger partial charge on any atom is 0.253 e. The first-order valence-corrected chi connectivity index (χ1v) is 12.9. The van der Waals surface area contributed by atoms with E-state index >= 15 is 0 Å². The Morgan fingerprint density at radius 3 is 2.50 bits per heavy atom. The molecule has 2 saturated heterocycles. The second-order valence-electron chi connectivity index (χ2n) is 10.4. The number of carbonyl (C=O) groups excluding carboxylic acids is 1. The highest BCUT2D eigenvalue weighted by Gasteiger charge is 2.45. The Bertz CT molecular complexity index is 1010. The van der Waals surface area contributed by atoms with Crippen LogP contribution in [-0.2, 0) is 9.47 Å². The Morgan fingerprint density at radius 2 is 1.86 bits per heavy atom. The van der Waals surface area contributed by atoms with Crippen LogP contribution < -0.4 is 9.47 Å². The molecule has 0 N–H and O–H groups in total. The van der Waals surface area contributed by atoms with Crippen LogP contribution in [0.5, 0.6) is 11.5 Å². The van der Waals surface area contributed by atoms with Crippen LogP contribution in [0.1, 0.15) is 68.5 Å². The molecule has 1 amide bonds. The van der Waals surface area contributed by atoms with E-state index in [0.29, 0.717) is 36.8 Å². The number of carbonyl (C=O) groups is 1. The van der Waals surface area contributed by atoms with Crippen molar-refractivity contribution < 1.29 is 28.1 Å². The van der Waals surface area contributed by atoms with E-state index in [1.165, 1.54) is 26.5 Å². The minimum absolute atomic E-state index is 0.00939. The zero-order valence-electron chi connectivity index (χ0n) is 21.8. The summed E-state index contributed by atoms with van der Waals surface area (Å²) in [6.07, 6.45) is 3.34. The molecule has 196 valence electrons. The first-order chi connectivity index (χ1) is 17.2. The lowest BCUT2D eigenvalue weighted by atomic mass is 9.80. The van der Waals surface area contributed by atoms with Crippen molar-refractivity contribution in [3.63, 3.8) is 0 Å². The number of halogens is 1. The van der Waals surface area contributed by atoms with Crippen LogP contribution in [0.25, 0.3) is 0 Å². The molecule has 4 rings (SSSR count). The number of piperidine rings is 1. The Morgan fingerprint density at radius 1 is 1.14 bits per heavy atom. The number of benzene rings is 2. The normalized spacial score (nSPS) is 21.9. The van der Waals surface area contributed by atoms with Gasteiger partial charge >= 0.3 is 0 Å². The minimum atomic E-state index is -1.47. The topological polar surface area (TPSA) is 57.2 Å². The van der Waals surface area contributed by atoms with Gasteiger partial charge in [0.15, 0.2) is 11.5 Å². The summed E-state index contributed by atoms with van der Waals surface area (Å²) >= 11 is 0. The number of rotatable bonds is 8. The van der Waals surface area contributed by atoms with Gasteiger partial charge in [0, 0.05) is 38.1 Å². The van der Waals surface area contributed by atoms with Crippen LogP contribution in [0.4, 0.5) is 4.39 Å². The highest BCUT2D eigenvalue weighted by Crippen LogP contribution is 2.44. The number of hydrogen-bond donors (Lipinski definition) is 0. The van der Waals surface area contributed by atoms with Crippen molar-refractivity contribution in [3.05, 3.63) is 59.7 Å². The third-order valence-corrected chi connectivity index (χ3v) is 6.99. The van der Waals surface area contributed by atoms with Crippen molar-refractivity contribution in [2.75, 3.05) is 33.4 Å². The third-order valence-electron chi connectivity index (χ3n) is 6.99. The average Bonchev–Trinajstić information content (AvgIpc) is 2.87. The van der Waals surface area contributed by atoms with Crippen LogP contribution in [0.3, 0.4) is 0 Å². The summed E-state index contributed by atoms with van der Waals surface area (Å²) in [5, 5.41) is 0. The standard InChI is InChI=1S/C29H38FNO5/c1-5-34-23-18-25(21-9-7-6-8-10-21)36-29(19-23)13-15-31(16-14-29)27(32)22-11-12-24(26(17-22)33-4)35-20-28(2,3)30/h6-12,17,23,25H,5,13-16,18-20H2,1-4H3/t23-,25-/m0/s1. The molecule has 0 saturated carbocycles. The van der Waals surface area contributed by atoms with Crippen molar-refractivity contribution in [1.82, 2.24) is 4.90 Å². The summed E-state index contributed by atoms with van der Waals surface area (Å²) in [6, 6.07) is 15.4. The predicted octanol–water partition coefficient (Wildman–Crippen LogP) is 5.75. The van der Waals surface area contributed by atoms with E-state index in [0.717, 1.165) is 25.7 Å². The Labute approximate surface area is 213 Å². The third kappa shape index (κ3) is 6.37. The first kappa shape index (κ1) is 26.4. The highest BCUT2D eigenvalue weighted by atomic mass is 19.1. The monoisotopic (exact) mass is 499 g/mol. The van der Waals surface area contributed by atoms with Gasteiger partial charge in [0.25, 0.3) is 5.91 Å². The van der Waals surface area contributed by atoms with Crippen LogP contribution >= 0.6 is 0 Å². The Kier molecular flexibility index (Phi) is 8.20. The van der Waals surface area contributed by atoms with Gasteiger partial charge in [-0.15, -0.1) is 0 Å². The molecule has 0 aliphatic carbocycles. The van der Waals surface area contributed by atoms with Crippen LogP contribution in [0.2, 0.25) is 0 Å². The SMILES string of the molecule is CCO[C@H]1C[C@@H](c2ccccc2)OC2(CCN(C(=O)c3ccc(OCC(C)(C)F)c(OC)c3)CC2)C1. The molecule has 36 heavy (non-hydrogen) atoms. The number of likely N-dealkylation sites (tertiary alicyclic amines) is 1. The molecule has 6 nitrogen and oxygen atoms in total. The van der Waals surface area contributed by atoms with E-state index in [2.05, 4.69) is 12.1 Å². The smallest absolute Gasteiger partial charge is 0.253 e. The molecule has 0 aromatic heterocycles. The number of nitrogens with zero attached hydrogens (tertiary/aromatic N) is 1. The zero-order valence-corrected chi connectivity index (χ0v) is 21.8. The fourth-order valence-corrected chi connectivity index (χ4v) is 5.16. The fourth-order valence-electron chi connectivity index (χ4n) is 5.16. The Hall–Kier alpha value is -2.64. The molecule has 7 heteroatoms. The average molecular weight is 500 g/mol. The van der Waals surface area contributed by atoms with Crippen molar-refractivity contribution >= 4 is 5.91 Å². The molecule has 2 atom stereocenters. The molecule has 0 radical (unpaired) electrons. The maximum atomic E-state index is 13.9. The molecular formula is C29H38FNO5. The number of hydrogen-bond acceptors (Lipinski definition) is 5. The van der Waals surface area contributed by atoms with Gasteiger partial charge in [0.2, 0.25) is 0 Å². The van der Waals surface area contributed by atoms with Gasteiger partial charge in [0.1, 0.15) is 12.3 Å². The van der Waals surface area contributed by atoms with Crippen molar-refractivity contribution in [2.24, 2.45) is 0 Å². The molecule has 2 heterocycles. The van der Waals surface area contributed by atoms with Crippen molar-refractivity contribution in [1.29, 1.82) is 0 Å². The quantitative estimate of drug-likeness (QED) is 0.463. The van der Waals surface area contributed by atoms with Crippen LogP contribution in [0.15, 0.2) is 48.5 Å². The summed E-state index contributed by atoms with van der Waals surface area (Å²) < 4.78 is 37.6. The lowest BCUT2D eigenvalue weighted by Gasteiger charge is -2.48. The van der Waals surface area contributed by atoms with E-state index in [1.807, 2.05) is 30.0 Å². The van der Waals surface area contributed by atoms with Crippen molar-refractivity contribution in [3.8, 4) is 11.5 Å². The second-order valence-corrected chi connectivity index (χ2v) is 10.4. The minimum Gasteiger partial charge on any atom is -0.493 e. The molecule has 2 aromatic carbocycles. The molecule has 0 bridgehead atoms. The Balaban J connectivity index is 1.43. The van der Waals surface area contributed by atoms with E-state index in [9.17, 15) is 9.18 Å². The van der Waals surface area contributed by atoms with E-state index in [4.69, 9.17) is 18.9 Å². The van der Waals surface area contributed by atoms with E-state index in [1.54, 1.807) is 18.2 Å². The summed E-state index contributed by atoms with van der Waals surface area (Å²) in [6.45, 7) is 6.73. The predicted molar refractivity (Wildman–Crippen MR) is 136 cm³/mol. The van der Waals surface area contributed by atoms with Gasteiger partial charge in [0.05, 0.1) is 24.9 Å². The van der Waals surface area contributed by atoms with Crippen LogP contribution in [0, 0.1) is 0 Å². The summed E-state index contributed by atoms with van der Waals surface area (Å²) in [4.78, 5) is 15.2. The molecule has 2 aliphatic heterocycles.